The Hall–Kier alpha value is -1.28. The monoisotopic (exact) mass is 196 g/mol. The molecule has 2 rings (SSSR count). The number of aromatic hydroxyl groups is 1. The first-order valence-corrected chi connectivity index (χ1v) is 4.13. The van der Waals surface area contributed by atoms with Crippen LogP contribution in [0.25, 0.3) is 10.8 Å². The fourth-order valence-corrected chi connectivity index (χ4v) is 1.47. The molecular formula is C10H6ClFO. The van der Waals surface area contributed by atoms with Crippen molar-refractivity contribution in [2.75, 3.05) is 0 Å². The Morgan fingerprint density at radius 1 is 1.15 bits per heavy atom. The highest BCUT2D eigenvalue weighted by Crippen LogP contribution is 2.28. The van der Waals surface area contributed by atoms with Gasteiger partial charge in [0.05, 0.1) is 5.02 Å². The van der Waals surface area contributed by atoms with Gasteiger partial charge in [0.25, 0.3) is 0 Å². The van der Waals surface area contributed by atoms with Crippen molar-refractivity contribution in [1.82, 2.24) is 0 Å². The Labute approximate surface area is 79.4 Å². The molecule has 0 amide bonds. The van der Waals surface area contributed by atoms with Gasteiger partial charge >= 0.3 is 0 Å². The number of benzene rings is 2. The van der Waals surface area contributed by atoms with E-state index in [4.69, 9.17) is 16.7 Å². The molecule has 3 heteroatoms. The molecule has 0 radical (unpaired) electrons. The maximum atomic E-state index is 13.0. The van der Waals surface area contributed by atoms with Crippen LogP contribution < -0.4 is 0 Å². The third kappa shape index (κ3) is 1.33. The lowest BCUT2D eigenvalue weighted by atomic mass is 10.1. The topological polar surface area (TPSA) is 20.2 Å². The standard InChI is InChI=1S/C10H6ClFO/c11-10-8-5-7(13)3-1-6(8)2-4-9(10)12/h1-5,13H. The van der Waals surface area contributed by atoms with Crippen molar-refractivity contribution in [1.29, 1.82) is 0 Å². The Morgan fingerprint density at radius 3 is 2.62 bits per heavy atom. The summed E-state index contributed by atoms with van der Waals surface area (Å²) >= 11 is 5.71. The normalized spacial score (nSPS) is 10.6. The molecule has 2 aromatic carbocycles. The molecule has 0 heterocycles. The van der Waals surface area contributed by atoms with Crippen LogP contribution in [0.2, 0.25) is 5.02 Å². The molecule has 1 nitrogen and oxygen atoms in total. The zero-order chi connectivity index (χ0) is 9.42. The van der Waals surface area contributed by atoms with Crippen molar-refractivity contribution in [3.63, 3.8) is 0 Å². The summed E-state index contributed by atoms with van der Waals surface area (Å²) in [5.74, 6) is -0.389. The van der Waals surface area contributed by atoms with Gasteiger partial charge in [0, 0.05) is 5.39 Å². The highest BCUT2D eigenvalue weighted by atomic mass is 35.5. The van der Waals surface area contributed by atoms with Crippen molar-refractivity contribution < 1.29 is 9.50 Å². The van der Waals surface area contributed by atoms with Crippen LogP contribution in [0.4, 0.5) is 4.39 Å². The van der Waals surface area contributed by atoms with Crippen LogP contribution >= 0.6 is 11.6 Å². The van der Waals surface area contributed by atoms with E-state index in [1.165, 1.54) is 18.2 Å². The SMILES string of the molecule is Oc1ccc2ccc(F)c(Cl)c2c1. The van der Waals surface area contributed by atoms with Gasteiger partial charge in [-0.15, -0.1) is 0 Å². The Balaban J connectivity index is 2.89. The van der Waals surface area contributed by atoms with Gasteiger partial charge in [-0.1, -0.05) is 23.7 Å². The number of phenolic OH excluding ortho intramolecular Hbond substituents is 1. The second-order valence-electron chi connectivity index (χ2n) is 2.77. The maximum Gasteiger partial charge on any atom is 0.142 e. The van der Waals surface area contributed by atoms with Gasteiger partial charge in [0.2, 0.25) is 0 Å². The van der Waals surface area contributed by atoms with Crippen LogP contribution in [-0.4, -0.2) is 5.11 Å². The number of hydrogen-bond acceptors (Lipinski definition) is 1. The number of halogens is 2. The lowest BCUT2D eigenvalue weighted by Crippen LogP contribution is -1.79. The summed E-state index contributed by atoms with van der Waals surface area (Å²) in [5, 5.41) is 10.6. The predicted octanol–water partition coefficient (Wildman–Crippen LogP) is 3.34. The van der Waals surface area contributed by atoms with Gasteiger partial charge in [-0.3, -0.25) is 0 Å². The van der Waals surface area contributed by atoms with E-state index >= 15 is 0 Å². The second-order valence-corrected chi connectivity index (χ2v) is 3.14. The van der Waals surface area contributed by atoms with Crippen LogP contribution in [0.1, 0.15) is 0 Å². The lowest BCUT2D eigenvalue weighted by molar-refractivity contribution is 0.476. The van der Waals surface area contributed by atoms with Crippen molar-refractivity contribution >= 4 is 22.4 Å². The fourth-order valence-electron chi connectivity index (χ4n) is 1.24. The van der Waals surface area contributed by atoms with Crippen LogP contribution in [0.3, 0.4) is 0 Å². The molecule has 0 aromatic heterocycles. The molecule has 0 spiro atoms. The molecule has 1 N–H and O–H groups in total. The molecule has 0 fully saturated rings. The zero-order valence-corrected chi connectivity index (χ0v) is 7.35. The van der Waals surface area contributed by atoms with E-state index in [-0.39, 0.29) is 10.8 Å². The molecule has 0 aliphatic rings. The molecule has 0 aliphatic heterocycles. The fraction of sp³-hybridized carbons (Fsp3) is 0. The number of rotatable bonds is 0. The van der Waals surface area contributed by atoms with E-state index in [1.807, 2.05) is 0 Å². The molecule has 2 aromatic rings. The van der Waals surface area contributed by atoms with E-state index in [9.17, 15) is 4.39 Å². The smallest absolute Gasteiger partial charge is 0.142 e. The van der Waals surface area contributed by atoms with Gasteiger partial charge in [0.15, 0.2) is 0 Å². The third-order valence-electron chi connectivity index (χ3n) is 1.89. The summed E-state index contributed by atoms with van der Waals surface area (Å²) in [6.07, 6.45) is 0. The zero-order valence-electron chi connectivity index (χ0n) is 6.59. The molecule has 66 valence electrons. The first kappa shape index (κ1) is 8.32. The van der Waals surface area contributed by atoms with Gasteiger partial charge < -0.3 is 5.11 Å². The molecule has 0 unspecified atom stereocenters. The molecule has 0 aliphatic carbocycles. The summed E-state index contributed by atoms with van der Waals surface area (Å²) in [4.78, 5) is 0. The van der Waals surface area contributed by atoms with Crippen LogP contribution in [-0.2, 0) is 0 Å². The van der Waals surface area contributed by atoms with Crippen LogP contribution in [0.5, 0.6) is 5.75 Å². The summed E-state index contributed by atoms with van der Waals surface area (Å²) in [6.45, 7) is 0. The summed E-state index contributed by atoms with van der Waals surface area (Å²) in [7, 11) is 0. The van der Waals surface area contributed by atoms with Gasteiger partial charge in [-0.2, -0.15) is 0 Å². The van der Waals surface area contributed by atoms with E-state index < -0.39 is 5.82 Å². The molecule has 0 saturated carbocycles. The average Bonchev–Trinajstić information content (AvgIpc) is 2.12. The summed E-state index contributed by atoms with van der Waals surface area (Å²) in [5.41, 5.74) is 0. The molecular weight excluding hydrogens is 191 g/mol. The quantitative estimate of drug-likeness (QED) is 0.685. The van der Waals surface area contributed by atoms with Crippen molar-refractivity contribution in [2.24, 2.45) is 0 Å². The Bertz CT molecular complexity index is 462. The molecule has 0 atom stereocenters. The Kier molecular flexibility index (Phi) is 1.85. The van der Waals surface area contributed by atoms with E-state index in [2.05, 4.69) is 0 Å². The minimum atomic E-state index is -0.472. The van der Waals surface area contributed by atoms with Crippen LogP contribution in [0, 0.1) is 5.82 Å². The van der Waals surface area contributed by atoms with Crippen molar-refractivity contribution in [3.05, 3.63) is 41.2 Å². The van der Waals surface area contributed by atoms with Crippen LogP contribution in [0.15, 0.2) is 30.3 Å². The summed E-state index contributed by atoms with van der Waals surface area (Å²) in [6, 6.07) is 7.60. The predicted molar refractivity (Wildman–Crippen MR) is 50.6 cm³/mol. The summed E-state index contributed by atoms with van der Waals surface area (Å²) < 4.78 is 13.0. The van der Waals surface area contributed by atoms with Gasteiger partial charge in [0.1, 0.15) is 11.6 Å². The first-order valence-electron chi connectivity index (χ1n) is 3.75. The second kappa shape index (κ2) is 2.89. The lowest BCUT2D eigenvalue weighted by Gasteiger charge is -2.01. The van der Waals surface area contributed by atoms with E-state index in [0.717, 1.165) is 5.39 Å². The third-order valence-corrected chi connectivity index (χ3v) is 2.28. The minimum Gasteiger partial charge on any atom is -0.508 e. The minimum absolute atomic E-state index is 0.0494. The van der Waals surface area contributed by atoms with Crippen molar-refractivity contribution in [3.8, 4) is 5.75 Å². The average molecular weight is 197 g/mol. The number of phenols is 1. The number of hydrogen-bond donors (Lipinski definition) is 1. The van der Waals surface area contributed by atoms with Gasteiger partial charge in [-0.25, -0.2) is 4.39 Å². The molecule has 0 bridgehead atoms. The highest BCUT2D eigenvalue weighted by molar-refractivity contribution is 6.35. The highest BCUT2D eigenvalue weighted by Gasteiger charge is 2.04. The molecule has 0 saturated heterocycles. The molecule has 13 heavy (non-hydrogen) atoms. The Morgan fingerprint density at radius 2 is 1.85 bits per heavy atom. The maximum absolute atomic E-state index is 13.0. The van der Waals surface area contributed by atoms with Crippen molar-refractivity contribution in [2.45, 2.75) is 0 Å². The number of fused-ring (bicyclic) bond motifs is 1. The van der Waals surface area contributed by atoms with Gasteiger partial charge in [-0.05, 0) is 23.6 Å². The van der Waals surface area contributed by atoms with E-state index in [1.54, 1.807) is 12.1 Å². The largest absolute Gasteiger partial charge is 0.508 e. The van der Waals surface area contributed by atoms with E-state index in [0.29, 0.717) is 5.39 Å². The first-order chi connectivity index (χ1) is 6.18.